The van der Waals surface area contributed by atoms with E-state index in [0.717, 1.165) is 32.6 Å². The van der Waals surface area contributed by atoms with Crippen molar-refractivity contribution in [2.45, 2.75) is 10.8 Å². The molecule has 0 atom stereocenters. The van der Waals surface area contributed by atoms with Crippen LogP contribution >= 0.6 is 23.4 Å². The summed E-state index contributed by atoms with van der Waals surface area (Å²) in [5.74, 6) is 0.480. The highest BCUT2D eigenvalue weighted by Crippen LogP contribution is 2.26. The van der Waals surface area contributed by atoms with E-state index < -0.39 is 0 Å². The molecule has 3 aromatic rings. The van der Waals surface area contributed by atoms with Crippen LogP contribution < -0.4 is 0 Å². The van der Waals surface area contributed by atoms with Gasteiger partial charge in [0, 0.05) is 16.3 Å². The Morgan fingerprint density at radius 3 is 2.36 bits per heavy atom. The summed E-state index contributed by atoms with van der Waals surface area (Å²) in [6, 6.07) is 17.7. The summed E-state index contributed by atoms with van der Waals surface area (Å²) >= 11 is 7.70. The predicted octanol–water partition coefficient (Wildman–Crippen LogP) is 5.23. The maximum absolute atomic E-state index is 12.9. The summed E-state index contributed by atoms with van der Waals surface area (Å²) in [6.45, 7) is 0. The fourth-order valence-corrected chi connectivity index (χ4v) is 3.04. The van der Waals surface area contributed by atoms with Crippen LogP contribution in [0.2, 0.25) is 5.02 Å². The first kappa shape index (κ1) is 15.0. The van der Waals surface area contributed by atoms with E-state index in [-0.39, 0.29) is 5.82 Å². The first-order chi connectivity index (χ1) is 10.7. The third-order valence-electron chi connectivity index (χ3n) is 3.11. The number of thioether (sulfide) groups is 1. The molecule has 110 valence electrons. The molecule has 5 heteroatoms. The van der Waals surface area contributed by atoms with Gasteiger partial charge in [-0.05, 0) is 48.0 Å². The standard InChI is InChI=1S/C17H12ClFN2S/c18-15-4-2-1-3-13(15)11-22-17-10-9-16(20-21-17)12-5-7-14(19)8-6-12/h1-10H,11H2. The van der Waals surface area contributed by atoms with Crippen LogP contribution in [0, 0.1) is 5.82 Å². The van der Waals surface area contributed by atoms with E-state index in [1.165, 1.54) is 12.1 Å². The summed E-state index contributed by atoms with van der Waals surface area (Å²) in [6.07, 6.45) is 0. The van der Waals surface area contributed by atoms with E-state index in [1.54, 1.807) is 23.9 Å². The second kappa shape index (κ2) is 6.90. The highest BCUT2D eigenvalue weighted by atomic mass is 35.5. The molecule has 0 aliphatic rings. The molecule has 0 radical (unpaired) electrons. The smallest absolute Gasteiger partial charge is 0.123 e. The third-order valence-corrected chi connectivity index (χ3v) is 4.45. The fourth-order valence-electron chi connectivity index (χ4n) is 1.94. The van der Waals surface area contributed by atoms with E-state index in [1.807, 2.05) is 36.4 Å². The van der Waals surface area contributed by atoms with Gasteiger partial charge < -0.3 is 0 Å². The summed E-state index contributed by atoms with van der Waals surface area (Å²) in [5, 5.41) is 9.97. The first-order valence-electron chi connectivity index (χ1n) is 6.68. The Kier molecular flexibility index (Phi) is 4.71. The molecule has 1 aromatic heterocycles. The lowest BCUT2D eigenvalue weighted by Crippen LogP contribution is -1.90. The number of benzene rings is 2. The zero-order valence-corrected chi connectivity index (χ0v) is 13.1. The van der Waals surface area contributed by atoms with Gasteiger partial charge in [0.25, 0.3) is 0 Å². The minimum absolute atomic E-state index is 0.261. The molecule has 22 heavy (non-hydrogen) atoms. The van der Waals surface area contributed by atoms with Gasteiger partial charge in [0.15, 0.2) is 0 Å². The second-order valence-corrected chi connectivity index (χ2v) is 6.05. The van der Waals surface area contributed by atoms with Crippen molar-refractivity contribution < 1.29 is 4.39 Å². The van der Waals surface area contributed by atoms with E-state index in [9.17, 15) is 4.39 Å². The molecule has 0 saturated heterocycles. The lowest BCUT2D eigenvalue weighted by atomic mass is 10.1. The zero-order valence-electron chi connectivity index (χ0n) is 11.5. The Bertz CT molecular complexity index is 760. The van der Waals surface area contributed by atoms with Gasteiger partial charge in [-0.2, -0.15) is 0 Å². The van der Waals surface area contributed by atoms with Crippen LogP contribution in [-0.2, 0) is 5.75 Å². The first-order valence-corrected chi connectivity index (χ1v) is 8.04. The Morgan fingerprint density at radius 2 is 1.68 bits per heavy atom. The summed E-state index contributed by atoms with van der Waals surface area (Å²) in [5.41, 5.74) is 2.64. The number of nitrogens with zero attached hydrogens (tertiary/aromatic N) is 2. The maximum atomic E-state index is 12.9. The van der Waals surface area contributed by atoms with Gasteiger partial charge in [0.05, 0.1) is 5.69 Å². The van der Waals surface area contributed by atoms with Crippen LogP contribution in [0.5, 0.6) is 0 Å². The largest absolute Gasteiger partial charge is 0.207 e. The van der Waals surface area contributed by atoms with Gasteiger partial charge in [-0.25, -0.2) is 4.39 Å². The van der Waals surface area contributed by atoms with Crippen molar-refractivity contribution in [2.75, 3.05) is 0 Å². The highest BCUT2D eigenvalue weighted by Gasteiger charge is 2.04. The number of rotatable bonds is 4. The van der Waals surface area contributed by atoms with Crippen LogP contribution in [0.4, 0.5) is 4.39 Å². The van der Waals surface area contributed by atoms with Crippen LogP contribution in [0.1, 0.15) is 5.56 Å². The van der Waals surface area contributed by atoms with Crippen molar-refractivity contribution in [2.24, 2.45) is 0 Å². The molecule has 2 nitrogen and oxygen atoms in total. The summed E-state index contributed by atoms with van der Waals surface area (Å²) in [4.78, 5) is 0. The molecule has 0 fully saturated rings. The summed E-state index contributed by atoms with van der Waals surface area (Å²) < 4.78 is 12.9. The van der Waals surface area contributed by atoms with Crippen LogP contribution in [0.3, 0.4) is 0 Å². The highest BCUT2D eigenvalue weighted by molar-refractivity contribution is 7.98. The minimum atomic E-state index is -0.261. The lowest BCUT2D eigenvalue weighted by Gasteiger charge is -2.04. The fraction of sp³-hybridized carbons (Fsp3) is 0.0588. The van der Waals surface area contributed by atoms with Crippen molar-refractivity contribution in [1.82, 2.24) is 10.2 Å². The second-order valence-electron chi connectivity index (χ2n) is 4.64. The van der Waals surface area contributed by atoms with Crippen molar-refractivity contribution in [1.29, 1.82) is 0 Å². The summed E-state index contributed by atoms with van der Waals surface area (Å²) in [7, 11) is 0. The van der Waals surface area contributed by atoms with E-state index in [2.05, 4.69) is 10.2 Å². The molecule has 3 rings (SSSR count). The van der Waals surface area contributed by atoms with E-state index in [0.29, 0.717) is 0 Å². The topological polar surface area (TPSA) is 25.8 Å². The molecule has 0 bridgehead atoms. The van der Waals surface area contributed by atoms with Crippen LogP contribution in [0.15, 0.2) is 65.7 Å². The third kappa shape index (κ3) is 3.64. The minimum Gasteiger partial charge on any atom is -0.207 e. The van der Waals surface area contributed by atoms with Crippen molar-refractivity contribution in [3.8, 4) is 11.3 Å². The molecule has 0 saturated carbocycles. The van der Waals surface area contributed by atoms with E-state index >= 15 is 0 Å². The molecule has 0 spiro atoms. The molecule has 0 N–H and O–H groups in total. The molecule has 0 unspecified atom stereocenters. The van der Waals surface area contributed by atoms with Crippen molar-refractivity contribution >= 4 is 23.4 Å². The number of halogens is 2. The quantitative estimate of drug-likeness (QED) is 0.613. The monoisotopic (exact) mass is 330 g/mol. The molecule has 0 aliphatic heterocycles. The normalized spacial score (nSPS) is 10.6. The molecule has 0 amide bonds. The van der Waals surface area contributed by atoms with Crippen LogP contribution in [-0.4, -0.2) is 10.2 Å². The van der Waals surface area contributed by atoms with Crippen molar-refractivity contribution in [3.63, 3.8) is 0 Å². The Labute approximate surface area is 137 Å². The molecular formula is C17H12ClFN2S. The number of hydrogen-bond acceptors (Lipinski definition) is 3. The SMILES string of the molecule is Fc1ccc(-c2ccc(SCc3ccccc3Cl)nn2)cc1. The molecule has 2 aromatic carbocycles. The van der Waals surface area contributed by atoms with Gasteiger partial charge in [-0.3, -0.25) is 0 Å². The predicted molar refractivity (Wildman–Crippen MR) is 88.4 cm³/mol. The molecular weight excluding hydrogens is 319 g/mol. The van der Waals surface area contributed by atoms with Gasteiger partial charge in [0.1, 0.15) is 10.8 Å². The van der Waals surface area contributed by atoms with Crippen molar-refractivity contribution in [3.05, 3.63) is 77.1 Å². The van der Waals surface area contributed by atoms with Gasteiger partial charge >= 0.3 is 0 Å². The average Bonchev–Trinajstić information content (AvgIpc) is 2.55. The van der Waals surface area contributed by atoms with E-state index in [4.69, 9.17) is 11.6 Å². The number of hydrogen-bond donors (Lipinski definition) is 0. The van der Waals surface area contributed by atoms with Crippen LogP contribution in [0.25, 0.3) is 11.3 Å². The Morgan fingerprint density at radius 1 is 0.909 bits per heavy atom. The zero-order chi connectivity index (χ0) is 15.4. The van der Waals surface area contributed by atoms with Gasteiger partial charge in [-0.1, -0.05) is 41.6 Å². The molecule has 1 heterocycles. The average molecular weight is 331 g/mol. The Hall–Kier alpha value is -1.91. The van der Waals surface area contributed by atoms with Gasteiger partial charge in [-0.15, -0.1) is 10.2 Å². The number of aromatic nitrogens is 2. The molecule has 0 aliphatic carbocycles. The van der Waals surface area contributed by atoms with Gasteiger partial charge in [0.2, 0.25) is 0 Å². The maximum Gasteiger partial charge on any atom is 0.123 e. The Balaban J connectivity index is 1.69. The lowest BCUT2D eigenvalue weighted by molar-refractivity contribution is 0.628.